The zero-order valence-electron chi connectivity index (χ0n) is 11.7. The monoisotopic (exact) mass is 342 g/mol. The quantitative estimate of drug-likeness (QED) is 0.880. The van der Waals surface area contributed by atoms with Gasteiger partial charge in [-0.15, -0.1) is 0 Å². The molecule has 0 aromatic heterocycles. The Bertz CT molecular complexity index is 399. The molecule has 1 heterocycles. The molecule has 2 rings (SSSR count). The van der Waals surface area contributed by atoms with Crippen molar-refractivity contribution in [3.05, 3.63) is 34.3 Å². The molecule has 0 amide bonds. The molecule has 1 saturated heterocycles. The molecule has 0 spiro atoms. The molecule has 0 saturated carbocycles. The Balaban J connectivity index is 1.92. The minimum atomic E-state index is 0.444. The zero-order valence-corrected chi connectivity index (χ0v) is 14.1. The van der Waals surface area contributed by atoms with Crippen LogP contribution in [0.5, 0.6) is 0 Å². The van der Waals surface area contributed by atoms with Crippen LogP contribution in [0.1, 0.15) is 24.9 Å². The lowest BCUT2D eigenvalue weighted by Gasteiger charge is -2.34. The van der Waals surface area contributed by atoms with Crippen molar-refractivity contribution in [2.45, 2.75) is 25.4 Å². The van der Waals surface area contributed by atoms with Gasteiger partial charge in [0.2, 0.25) is 0 Å². The van der Waals surface area contributed by atoms with E-state index in [9.17, 15) is 0 Å². The van der Waals surface area contributed by atoms with Gasteiger partial charge in [-0.2, -0.15) is 11.8 Å². The Labute approximate surface area is 129 Å². The highest BCUT2D eigenvalue weighted by atomic mass is 79.9. The first kappa shape index (κ1) is 15.4. The lowest BCUT2D eigenvalue weighted by Crippen LogP contribution is -2.41. The maximum atomic E-state index is 3.56. The predicted octanol–water partition coefficient (Wildman–Crippen LogP) is 3.54. The summed E-state index contributed by atoms with van der Waals surface area (Å²) in [6.07, 6.45) is 1.17. The van der Waals surface area contributed by atoms with Gasteiger partial charge in [0, 0.05) is 41.2 Å². The average Bonchev–Trinajstić information content (AvgIpc) is 2.41. The Morgan fingerprint density at radius 3 is 3.05 bits per heavy atom. The molecule has 4 heteroatoms. The number of hydrogen-bond donors (Lipinski definition) is 1. The lowest BCUT2D eigenvalue weighted by molar-refractivity contribution is 0.220. The van der Waals surface area contributed by atoms with Crippen LogP contribution >= 0.6 is 27.7 Å². The highest BCUT2D eigenvalue weighted by molar-refractivity contribution is 9.10. The van der Waals surface area contributed by atoms with E-state index in [1.54, 1.807) is 0 Å². The summed E-state index contributed by atoms with van der Waals surface area (Å²) in [7, 11) is 2.06. The van der Waals surface area contributed by atoms with Crippen LogP contribution in [-0.2, 0) is 0 Å². The molecule has 0 aliphatic carbocycles. The molecule has 1 aromatic carbocycles. The summed E-state index contributed by atoms with van der Waals surface area (Å²) in [6.45, 7) is 4.76. The van der Waals surface area contributed by atoms with Crippen LogP contribution in [-0.4, -0.2) is 42.6 Å². The van der Waals surface area contributed by atoms with Crippen molar-refractivity contribution in [3.63, 3.8) is 0 Å². The van der Waals surface area contributed by atoms with Crippen molar-refractivity contribution in [1.82, 2.24) is 10.2 Å². The third-order valence-corrected chi connectivity index (χ3v) is 5.49. The van der Waals surface area contributed by atoms with Gasteiger partial charge < -0.3 is 5.32 Å². The van der Waals surface area contributed by atoms with E-state index in [2.05, 4.69) is 76.1 Å². The molecule has 1 aliphatic heterocycles. The minimum absolute atomic E-state index is 0.444. The van der Waals surface area contributed by atoms with Crippen LogP contribution in [0.2, 0.25) is 0 Å². The van der Waals surface area contributed by atoms with E-state index in [0.29, 0.717) is 6.04 Å². The molecular weight excluding hydrogens is 320 g/mol. The van der Waals surface area contributed by atoms with Crippen LogP contribution in [0.4, 0.5) is 0 Å². The van der Waals surface area contributed by atoms with Crippen LogP contribution in [0.3, 0.4) is 0 Å². The third-order valence-electron chi connectivity index (χ3n) is 3.81. The maximum absolute atomic E-state index is 3.56. The summed E-state index contributed by atoms with van der Waals surface area (Å²) < 4.78 is 1.16. The van der Waals surface area contributed by atoms with Gasteiger partial charge in [0.05, 0.1) is 0 Å². The smallest absolute Gasteiger partial charge is 0.0330 e. The van der Waals surface area contributed by atoms with Crippen LogP contribution in [0, 0.1) is 0 Å². The summed E-state index contributed by atoms with van der Waals surface area (Å²) >= 11 is 5.64. The fourth-order valence-electron chi connectivity index (χ4n) is 2.59. The Morgan fingerprint density at radius 2 is 2.37 bits per heavy atom. The first-order valence-corrected chi connectivity index (χ1v) is 8.90. The van der Waals surface area contributed by atoms with Gasteiger partial charge in [-0.1, -0.05) is 28.1 Å². The first-order chi connectivity index (χ1) is 9.20. The molecule has 19 heavy (non-hydrogen) atoms. The molecular formula is C15H23BrN2S. The van der Waals surface area contributed by atoms with E-state index >= 15 is 0 Å². The van der Waals surface area contributed by atoms with E-state index in [-0.39, 0.29) is 0 Å². The maximum Gasteiger partial charge on any atom is 0.0330 e. The Kier molecular flexibility index (Phi) is 6.20. The molecule has 2 unspecified atom stereocenters. The van der Waals surface area contributed by atoms with Gasteiger partial charge >= 0.3 is 0 Å². The summed E-state index contributed by atoms with van der Waals surface area (Å²) in [6, 6.07) is 9.79. The number of benzene rings is 1. The topological polar surface area (TPSA) is 15.3 Å². The fraction of sp³-hybridized carbons (Fsp3) is 0.600. The number of thioether (sulfide) groups is 1. The normalized spacial score (nSPS) is 22.4. The third kappa shape index (κ3) is 4.48. The number of nitrogens with zero attached hydrogens (tertiary/aromatic N) is 1. The van der Waals surface area contributed by atoms with Crippen molar-refractivity contribution in [3.8, 4) is 0 Å². The molecule has 106 valence electrons. The number of hydrogen-bond acceptors (Lipinski definition) is 3. The second kappa shape index (κ2) is 7.67. The van der Waals surface area contributed by atoms with Crippen molar-refractivity contribution in [2.24, 2.45) is 0 Å². The molecule has 0 bridgehead atoms. The van der Waals surface area contributed by atoms with Crippen molar-refractivity contribution in [2.75, 3.05) is 31.6 Å². The van der Waals surface area contributed by atoms with Crippen LogP contribution < -0.4 is 5.32 Å². The minimum Gasteiger partial charge on any atom is -0.313 e. The largest absolute Gasteiger partial charge is 0.313 e. The summed E-state index contributed by atoms with van der Waals surface area (Å²) in [5, 5.41) is 3.45. The fourth-order valence-corrected chi connectivity index (χ4v) is 4.09. The molecule has 1 fully saturated rings. The Hall–Kier alpha value is -0.0300. The van der Waals surface area contributed by atoms with E-state index in [4.69, 9.17) is 0 Å². The summed E-state index contributed by atoms with van der Waals surface area (Å²) in [5.74, 6) is 2.56. The van der Waals surface area contributed by atoms with E-state index in [1.165, 1.54) is 36.6 Å². The molecule has 1 N–H and O–H groups in total. The second-order valence-corrected chi connectivity index (χ2v) is 7.21. The zero-order chi connectivity index (χ0) is 13.7. The van der Waals surface area contributed by atoms with Gasteiger partial charge in [-0.25, -0.2) is 0 Å². The first-order valence-electron chi connectivity index (χ1n) is 6.95. The van der Waals surface area contributed by atoms with Gasteiger partial charge in [0.1, 0.15) is 0 Å². The number of halogens is 1. The van der Waals surface area contributed by atoms with Crippen LogP contribution in [0.25, 0.3) is 0 Å². The molecule has 2 atom stereocenters. The standard InChI is InChI=1S/C15H23BrN2S/c1-12-11-19-9-8-18(12)7-6-15(17-2)13-4-3-5-14(16)10-13/h3-5,10,12,15,17H,6-9,11H2,1-2H3. The van der Waals surface area contributed by atoms with E-state index in [1.807, 2.05) is 0 Å². The van der Waals surface area contributed by atoms with Crippen molar-refractivity contribution >= 4 is 27.7 Å². The molecule has 1 aliphatic rings. The predicted molar refractivity (Wildman–Crippen MR) is 88.9 cm³/mol. The summed E-state index contributed by atoms with van der Waals surface area (Å²) in [4.78, 5) is 2.62. The number of nitrogens with one attached hydrogen (secondary N) is 1. The molecule has 1 aromatic rings. The van der Waals surface area contributed by atoms with Gasteiger partial charge in [0.15, 0.2) is 0 Å². The number of rotatable bonds is 5. The highest BCUT2D eigenvalue weighted by Crippen LogP contribution is 2.22. The Morgan fingerprint density at radius 1 is 1.53 bits per heavy atom. The van der Waals surface area contributed by atoms with Crippen molar-refractivity contribution in [1.29, 1.82) is 0 Å². The van der Waals surface area contributed by atoms with Crippen molar-refractivity contribution < 1.29 is 0 Å². The average molecular weight is 343 g/mol. The SMILES string of the molecule is CNC(CCN1CCSCC1C)c1cccc(Br)c1. The van der Waals surface area contributed by atoms with E-state index in [0.717, 1.165) is 10.5 Å². The van der Waals surface area contributed by atoms with Gasteiger partial charge in [-0.05, 0) is 38.1 Å². The molecule has 2 nitrogen and oxygen atoms in total. The molecule has 0 radical (unpaired) electrons. The summed E-state index contributed by atoms with van der Waals surface area (Å²) in [5.41, 5.74) is 1.37. The van der Waals surface area contributed by atoms with Gasteiger partial charge in [0.25, 0.3) is 0 Å². The van der Waals surface area contributed by atoms with E-state index < -0.39 is 0 Å². The highest BCUT2D eigenvalue weighted by Gasteiger charge is 2.19. The second-order valence-electron chi connectivity index (χ2n) is 5.14. The van der Waals surface area contributed by atoms with Gasteiger partial charge in [-0.3, -0.25) is 4.90 Å². The lowest BCUT2D eigenvalue weighted by atomic mass is 10.0. The van der Waals surface area contributed by atoms with Crippen LogP contribution in [0.15, 0.2) is 28.7 Å².